The summed E-state index contributed by atoms with van der Waals surface area (Å²) in [5, 5.41) is 14.3. The van der Waals surface area contributed by atoms with Crippen molar-refractivity contribution in [3.8, 4) is 0 Å². The lowest BCUT2D eigenvalue weighted by Crippen LogP contribution is -2.45. The van der Waals surface area contributed by atoms with E-state index < -0.39 is 6.10 Å². The van der Waals surface area contributed by atoms with Gasteiger partial charge in [0.2, 0.25) is 0 Å². The first-order valence-electron chi connectivity index (χ1n) is 8.30. The lowest BCUT2D eigenvalue weighted by atomic mass is 10.0. The Morgan fingerprint density at radius 3 is 2.42 bits per heavy atom. The molecule has 1 aromatic rings. The van der Waals surface area contributed by atoms with Crippen molar-refractivity contribution in [1.82, 2.24) is 5.32 Å². The fourth-order valence-corrected chi connectivity index (χ4v) is 2.69. The third kappa shape index (κ3) is 11.5. The number of nitrogens with two attached hydrogens (primary N) is 1. The molecular formula is C18H33Cl3N2O. The van der Waals surface area contributed by atoms with Crippen molar-refractivity contribution in [2.24, 2.45) is 11.7 Å². The Hall–Kier alpha value is -0.0300. The monoisotopic (exact) mass is 398 g/mol. The largest absolute Gasteiger partial charge is 0.390 e. The Bertz CT molecular complexity index is 432. The minimum absolute atomic E-state index is 0. The lowest BCUT2D eigenvalue weighted by molar-refractivity contribution is 0.138. The highest BCUT2D eigenvalue weighted by molar-refractivity contribution is 6.30. The number of nitrogens with one attached hydrogen (secondary N) is 1. The summed E-state index contributed by atoms with van der Waals surface area (Å²) in [5.41, 5.74) is 7.15. The Balaban J connectivity index is 0. The van der Waals surface area contributed by atoms with Crippen LogP contribution in [0.1, 0.15) is 45.6 Å². The highest BCUT2D eigenvalue weighted by Gasteiger charge is 2.16. The third-order valence-electron chi connectivity index (χ3n) is 3.95. The van der Waals surface area contributed by atoms with E-state index in [4.69, 9.17) is 17.3 Å². The summed E-state index contributed by atoms with van der Waals surface area (Å²) >= 11 is 5.97. The lowest BCUT2D eigenvalue weighted by Gasteiger charge is -2.22. The predicted octanol–water partition coefficient (Wildman–Crippen LogP) is 4.22. The van der Waals surface area contributed by atoms with Crippen LogP contribution < -0.4 is 11.1 Å². The second-order valence-corrected chi connectivity index (χ2v) is 7.14. The van der Waals surface area contributed by atoms with E-state index in [1.165, 1.54) is 12.8 Å². The molecule has 24 heavy (non-hydrogen) atoms. The first kappa shape index (κ1) is 26.2. The number of aliphatic hydroxyl groups is 1. The predicted molar refractivity (Wildman–Crippen MR) is 110 cm³/mol. The molecule has 1 aromatic carbocycles. The molecule has 0 spiro atoms. The van der Waals surface area contributed by atoms with Gasteiger partial charge in [0, 0.05) is 23.7 Å². The average molecular weight is 400 g/mol. The maximum Gasteiger partial charge on any atom is 0.0818 e. The zero-order valence-electron chi connectivity index (χ0n) is 14.9. The van der Waals surface area contributed by atoms with Crippen LogP contribution in [0.25, 0.3) is 0 Å². The Kier molecular flexibility index (Phi) is 15.5. The molecule has 6 heteroatoms. The Labute approximate surface area is 164 Å². The molecule has 0 saturated heterocycles. The normalized spacial score (nSPS) is 14.5. The van der Waals surface area contributed by atoms with Crippen molar-refractivity contribution in [1.29, 1.82) is 0 Å². The molecule has 0 saturated carbocycles. The SMILES string of the molecule is CC(C)CCCC(C)NC[C@@H](O)[C@@H](N)Cc1cccc(Cl)c1.Cl.Cl. The molecule has 3 atom stereocenters. The van der Waals surface area contributed by atoms with E-state index in [9.17, 15) is 5.11 Å². The molecule has 0 radical (unpaired) electrons. The first-order chi connectivity index (χ1) is 10.4. The summed E-state index contributed by atoms with van der Waals surface area (Å²) in [6.07, 6.45) is 3.69. The van der Waals surface area contributed by atoms with Gasteiger partial charge in [0.15, 0.2) is 0 Å². The highest BCUT2D eigenvalue weighted by atomic mass is 35.5. The molecule has 1 unspecified atom stereocenters. The van der Waals surface area contributed by atoms with Crippen molar-refractivity contribution >= 4 is 36.4 Å². The van der Waals surface area contributed by atoms with Crippen LogP contribution in [0.3, 0.4) is 0 Å². The summed E-state index contributed by atoms with van der Waals surface area (Å²) in [4.78, 5) is 0. The van der Waals surface area contributed by atoms with Crippen LogP contribution in [-0.4, -0.2) is 29.8 Å². The van der Waals surface area contributed by atoms with Gasteiger partial charge in [-0.3, -0.25) is 0 Å². The standard InChI is InChI=1S/C18H31ClN2O.2ClH/c1-13(2)6-4-7-14(3)21-12-18(22)17(20)11-15-8-5-9-16(19)10-15;;/h5,8-10,13-14,17-18,21-22H,4,6-7,11-12,20H2,1-3H3;2*1H/t14?,17-,18+;;/m0../s1. The van der Waals surface area contributed by atoms with Crippen molar-refractivity contribution in [2.75, 3.05) is 6.54 Å². The van der Waals surface area contributed by atoms with E-state index in [0.717, 1.165) is 17.9 Å². The van der Waals surface area contributed by atoms with Gasteiger partial charge in [0.1, 0.15) is 0 Å². The summed E-state index contributed by atoms with van der Waals surface area (Å²) in [7, 11) is 0. The molecule has 1 rings (SSSR count). The van der Waals surface area contributed by atoms with Crippen LogP contribution in [0.2, 0.25) is 5.02 Å². The number of hydrogen-bond acceptors (Lipinski definition) is 3. The second-order valence-electron chi connectivity index (χ2n) is 6.70. The van der Waals surface area contributed by atoms with Gasteiger partial charge < -0.3 is 16.2 Å². The molecule has 0 bridgehead atoms. The molecule has 0 aliphatic heterocycles. The van der Waals surface area contributed by atoms with Gasteiger partial charge in [-0.2, -0.15) is 0 Å². The van der Waals surface area contributed by atoms with E-state index >= 15 is 0 Å². The molecule has 0 aromatic heterocycles. The van der Waals surface area contributed by atoms with Crippen LogP contribution in [0.5, 0.6) is 0 Å². The number of benzene rings is 1. The van der Waals surface area contributed by atoms with Crippen LogP contribution in [0.15, 0.2) is 24.3 Å². The molecule has 0 amide bonds. The number of halogens is 3. The van der Waals surface area contributed by atoms with Crippen molar-refractivity contribution < 1.29 is 5.11 Å². The summed E-state index contributed by atoms with van der Waals surface area (Å²) in [5.74, 6) is 0.754. The van der Waals surface area contributed by atoms with E-state index in [-0.39, 0.29) is 30.9 Å². The molecule has 0 fully saturated rings. The summed E-state index contributed by atoms with van der Waals surface area (Å²) in [6, 6.07) is 7.76. The first-order valence-corrected chi connectivity index (χ1v) is 8.67. The molecule has 0 heterocycles. The van der Waals surface area contributed by atoms with Gasteiger partial charge in [-0.25, -0.2) is 0 Å². The van der Waals surface area contributed by atoms with Crippen molar-refractivity contribution in [3.63, 3.8) is 0 Å². The Morgan fingerprint density at radius 1 is 1.17 bits per heavy atom. The van der Waals surface area contributed by atoms with Crippen molar-refractivity contribution in [3.05, 3.63) is 34.9 Å². The third-order valence-corrected chi connectivity index (χ3v) is 4.18. The van der Waals surface area contributed by atoms with Crippen molar-refractivity contribution in [2.45, 2.75) is 64.6 Å². The second kappa shape index (κ2) is 14.2. The average Bonchev–Trinajstić information content (AvgIpc) is 2.44. The summed E-state index contributed by atoms with van der Waals surface area (Å²) < 4.78 is 0. The summed E-state index contributed by atoms with van der Waals surface area (Å²) in [6.45, 7) is 7.19. The minimum atomic E-state index is -0.550. The maximum atomic E-state index is 10.2. The quantitative estimate of drug-likeness (QED) is 0.552. The highest BCUT2D eigenvalue weighted by Crippen LogP contribution is 2.13. The van der Waals surface area contributed by atoms with E-state index in [1.54, 1.807) is 0 Å². The molecule has 0 aliphatic carbocycles. The fraction of sp³-hybridized carbons (Fsp3) is 0.667. The minimum Gasteiger partial charge on any atom is -0.390 e. The van der Waals surface area contributed by atoms with Gasteiger partial charge >= 0.3 is 0 Å². The van der Waals surface area contributed by atoms with Crippen LogP contribution in [0, 0.1) is 5.92 Å². The fourth-order valence-electron chi connectivity index (χ4n) is 2.48. The van der Waals surface area contributed by atoms with Crippen LogP contribution in [-0.2, 0) is 6.42 Å². The van der Waals surface area contributed by atoms with Gasteiger partial charge in [0.05, 0.1) is 6.10 Å². The van der Waals surface area contributed by atoms with Crippen LogP contribution >= 0.6 is 36.4 Å². The molecular weight excluding hydrogens is 367 g/mol. The smallest absolute Gasteiger partial charge is 0.0818 e. The number of hydrogen-bond donors (Lipinski definition) is 3. The molecule has 4 N–H and O–H groups in total. The van der Waals surface area contributed by atoms with E-state index in [1.807, 2.05) is 24.3 Å². The zero-order valence-corrected chi connectivity index (χ0v) is 17.3. The van der Waals surface area contributed by atoms with Gasteiger partial charge in [-0.05, 0) is 43.4 Å². The van der Waals surface area contributed by atoms with Gasteiger partial charge in [0.25, 0.3) is 0 Å². The number of rotatable bonds is 10. The maximum absolute atomic E-state index is 10.2. The Morgan fingerprint density at radius 2 is 1.83 bits per heavy atom. The topological polar surface area (TPSA) is 58.3 Å². The van der Waals surface area contributed by atoms with E-state index in [0.29, 0.717) is 24.0 Å². The van der Waals surface area contributed by atoms with Crippen LogP contribution in [0.4, 0.5) is 0 Å². The van der Waals surface area contributed by atoms with Gasteiger partial charge in [-0.15, -0.1) is 24.8 Å². The molecule has 142 valence electrons. The van der Waals surface area contributed by atoms with E-state index in [2.05, 4.69) is 26.1 Å². The molecule has 0 aliphatic rings. The molecule has 3 nitrogen and oxygen atoms in total. The van der Waals surface area contributed by atoms with Gasteiger partial charge in [-0.1, -0.05) is 50.4 Å². The zero-order chi connectivity index (χ0) is 16.5. The number of aliphatic hydroxyl groups excluding tert-OH is 1.